The highest BCUT2D eigenvalue weighted by Gasteiger charge is 2.30. The van der Waals surface area contributed by atoms with E-state index in [-0.39, 0.29) is 11.7 Å². The van der Waals surface area contributed by atoms with Crippen molar-refractivity contribution >= 4 is 50.6 Å². The van der Waals surface area contributed by atoms with Crippen LogP contribution in [0.3, 0.4) is 0 Å². The van der Waals surface area contributed by atoms with E-state index in [2.05, 4.69) is 37.1 Å². The maximum absolute atomic E-state index is 13.1. The van der Waals surface area contributed by atoms with Crippen molar-refractivity contribution in [3.63, 3.8) is 0 Å². The fourth-order valence-corrected chi connectivity index (χ4v) is 6.84. The van der Waals surface area contributed by atoms with Crippen molar-refractivity contribution < 1.29 is 9.18 Å². The Morgan fingerprint density at radius 3 is 2.68 bits per heavy atom. The van der Waals surface area contributed by atoms with Crippen LogP contribution in [0.1, 0.15) is 16.1 Å². The standard InChI is InChI=1S/C19H16BrFN4OS2/c20-15-9-13-16-14(10-27-19(13)28-15)17(23-22-16)18(26)25-7-5-24(6-8-25)12-3-1-11(21)2-4-12/h1-4,9H,5-8,10H2,(H,22,23). The molecule has 0 aliphatic carbocycles. The lowest BCUT2D eigenvalue weighted by Crippen LogP contribution is -2.49. The number of hydrogen-bond donors (Lipinski definition) is 1. The molecule has 1 N–H and O–H groups in total. The Hall–Kier alpha value is -1.84. The lowest BCUT2D eigenvalue weighted by atomic mass is 10.1. The molecular weight excluding hydrogens is 463 g/mol. The third kappa shape index (κ3) is 3.15. The Morgan fingerprint density at radius 1 is 1.18 bits per heavy atom. The number of carbonyl (C=O) groups is 1. The zero-order valence-corrected chi connectivity index (χ0v) is 18.0. The van der Waals surface area contributed by atoms with E-state index in [9.17, 15) is 9.18 Å². The molecule has 2 aromatic heterocycles. The summed E-state index contributed by atoms with van der Waals surface area (Å²) >= 11 is 6.99. The fourth-order valence-electron chi connectivity index (χ4n) is 3.64. The Bertz CT molecular complexity index is 1040. The van der Waals surface area contributed by atoms with Crippen LogP contribution in [0.5, 0.6) is 0 Å². The van der Waals surface area contributed by atoms with Crippen LogP contribution in [0.4, 0.5) is 10.1 Å². The number of aromatic nitrogens is 2. The van der Waals surface area contributed by atoms with Gasteiger partial charge in [0.1, 0.15) is 11.5 Å². The number of halogens is 2. The number of nitrogens with zero attached hydrogens (tertiary/aromatic N) is 3. The van der Waals surface area contributed by atoms with Crippen LogP contribution in [0, 0.1) is 5.82 Å². The summed E-state index contributed by atoms with van der Waals surface area (Å²) in [6.07, 6.45) is 0. The highest BCUT2D eigenvalue weighted by Crippen LogP contribution is 2.47. The summed E-state index contributed by atoms with van der Waals surface area (Å²) in [5, 5.41) is 7.44. The maximum atomic E-state index is 13.1. The highest BCUT2D eigenvalue weighted by molar-refractivity contribution is 9.11. The number of thiophene rings is 1. The van der Waals surface area contributed by atoms with Crippen molar-refractivity contribution in [3.8, 4) is 11.3 Å². The molecule has 2 aliphatic heterocycles. The minimum atomic E-state index is -0.236. The van der Waals surface area contributed by atoms with Crippen LogP contribution < -0.4 is 4.90 Å². The van der Waals surface area contributed by atoms with Gasteiger partial charge in [0.05, 0.1) is 13.7 Å². The number of hydrogen-bond acceptors (Lipinski definition) is 5. The van der Waals surface area contributed by atoms with Gasteiger partial charge in [0.15, 0.2) is 0 Å². The third-order valence-electron chi connectivity index (χ3n) is 5.11. The zero-order chi connectivity index (χ0) is 19.3. The average Bonchev–Trinajstić information content (AvgIpc) is 3.30. The Balaban J connectivity index is 1.32. The molecule has 1 saturated heterocycles. The van der Waals surface area contributed by atoms with Gasteiger partial charge in [-0.1, -0.05) is 0 Å². The van der Waals surface area contributed by atoms with Crippen LogP contribution in [-0.2, 0) is 5.75 Å². The predicted octanol–water partition coefficient (Wildman–Crippen LogP) is 4.61. The molecule has 28 heavy (non-hydrogen) atoms. The smallest absolute Gasteiger partial charge is 0.272 e. The number of carbonyl (C=O) groups excluding carboxylic acids is 1. The molecule has 3 aromatic rings. The number of anilines is 1. The average molecular weight is 479 g/mol. The quantitative estimate of drug-likeness (QED) is 0.584. The van der Waals surface area contributed by atoms with E-state index < -0.39 is 0 Å². The molecule has 0 radical (unpaired) electrons. The van der Waals surface area contributed by atoms with Crippen molar-refractivity contribution in [1.29, 1.82) is 0 Å². The molecule has 9 heteroatoms. The number of H-pyrrole nitrogens is 1. The van der Waals surface area contributed by atoms with E-state index in [1.54, 1.807) is 35.2 Å². The van der Waals surface area contributed by atoms with Crippen LogP contribution in [0.15, 0.2) is 38.3 Å². The van der Waals surface area contributed by atoms with E-state index in [1.807, 2.05) is 4.90 Å². The van der Waals surface area contributed by atoms with Gasteiger partial charge < -0.3 is 9.80 Å². The maximum Gasteiger partial charge on any atom is 0.272 e. The molecule has 0 bridgehead atoms. The monoisotopic (exact) mass is 478 g/mol. The van der Waals surface area contributed by atoms with E-state index >= 15 is 0 Å². The number of piperazine rings is 1. The second-order valence-corrected chi connectivity index (χ2v) is 10.4. The molecule has 2 aliphatic rings. The van der Waals surface area contributed by atoms with E-state index in [4.69, 9.17) is 0 Å². The molecule has 5 nitrogen and oxygen atoms in total. The second-order valence-electron chi connectivity index (χ2n) is 6.72. The lowest BCUT2D eigenvalue weighted by Gasteiger charge is -2.36. The number of thioether (sulfide) groups is 1. The van der Waals surface area contributed by atoms with Crippen molar-refractivity contribution in [1.82, 2.24) is 15.1 Å². The number of amides is 1. The lowest BCUT2D eigenvalue weighted by molar-refractivity contribution is 0.0740. The van der Waals surface area contributed by atoms with Gasteiger partial charge in [-0.3, -0.25) is 9.89 Å². The summed E-state index contributed by atoms with van der Waals surface area (Å²) in [6.45, 7) is 2.72. The molecule has 0 saturated carbocycles. The Labute approximate surface area is 178 Å². The normalized spacial score (nSPS) is 16.1. The van der Waals surface area contributed by atoms with Gasteiger partial charge >= 0.3 is 0 Å². The number of nitrogens with one attached hydrogen (secondary N) is 1. The Morgan fingerprint density at radius 2 is 1.93 bits per heavy atom. The van der Waals surface area contributed by atoms with Gasteiger partial charge in [-0.2, -0.15) is 5.10 Å². The van der Waals surface area contributed by atoms with Gasteiger partial charge in [0, 0.05) is 48.7 Å². The summed E-state index contributed by atoms with van der Waals surface area (Å²) in [5.74, 6) is 0.522. The number of rotatable bonds is 2. The van der Waals surface area contributed by atoms with Crippen LogP contribution in [0.2, 0.25) is 0 Å². The molecule has 0 unspecified atom stereocenters. The first-order valence-electron chi connectivity index (χ1n) is 8.89. The zero-order valence-electron chi connectivity index (χ0n) is 14.7. The molecule has 1 fully saturated rings. The molecule has 0 atom stereocenters. The number of benzene rings is 1. The summed E-state index contributed by atoms with van der Waals surface area (Å²) < 4.78 is 15.4. The summed E-state index contributed by atoms with van der Waals surface area (Å²) in [6, 6.07) is 8.58. The summed E-state index contributed by atoms with van der Waals surface area (Å²) in [7, 11) is 0. The Kier molecular flexibility index (Phi) is 4.68. The first-order valence-corrected chi connectivity index (χ1v) is 11.5. The topological polar surface area (TPSA) is 52.2 Å². The fraction of sp³-hybridized carbons (Fsp3) is 0.263. The molecule has 5 rings (SSSR count). The first-order chi connectivity index (χ1) is 13.6. The van der Waals surface area contributed by atoms with Crippen LogP contribution in [-0.4, -0.2) is 47.2 Å². The highest BCUT2D eigenvalue weighted by atomic mass is 79.9. The summed E-state index contributed by atoms with van der Waals surface area (Å²) in [5.41, 5.74) is 4.57. The molecule has 4 heterocycles. The van der Waals surface area contributed by atoms with Crippen LogP contribution in [0.25, 0.3) is 11.3 Å². The second kappa shape index (κ2) is 7.20. The molecular formula is C19H16BrFN4OS2. The molecule has 1 aromatic carbocycles. The first kappa shape index (κ1) is 18.2. The molecule has 0 spiro atoms. The number of fused-ring (bicyclic) bond motifs is 3. The van der Waals surface area contributed by atoms with Gasteiger partial charge in [0.25, 0.3) is 5.91 Å². The molecule has 144 valence electrons. The van der Waals surface area contributed by atoms with Crippen molar-refractivity contribution in [2.75, 3.05) is 31.1 Å². The van der Waals surface area contributed by atoms with Crippen molar-refractivity contribution in [2.24, 2.45) is 0 Å². The van der Waals surface area contributed by atoms with E-state index in [1.165, 1.54) is 16.3 Å². The minimum Gasteiger partial charge on any atom is -0.368 e. The van der Waals surface area contributed by atoms with E-state index in [0.717, 1.165) is 45.1 Å². The van der Waals surface area contributed by atoms with Crippen molar-refractivity contribution in [3.05, 3.63) is 51.2 Å². The SMILES string of the molecule is O=C(c1[nH]nc2c1CSc1sc(Br)cc1-2)N1CCN(c2ccc(F)cc2)CC1. The molecule has 1 amide bonds. The number of aromatic amines is 1. The van der Waals surface area contributed by atoms with Crippen molar-refractivity contribution in [2.45, 2.75) is 9.96 Å². The predicted molar refractivity (Wildman–Crippen MR) is 114 cm³/mol. The van der Waals surface area contributed by atoms with E-state index in [0.29, 0.717) is 18.8 Å². The van der Waals surface area contributed by atoms with Crippen LogP contribution >= 0.6 is 39.0 Å². The minimum absolute atomic E-state index is 0.00542. The van der Waals surface area contributed by atoms with Gasteiger partial charge in [-0.15, -0.1) is 23.1 Å². The third-order valence-corrected chi connectivity index (χ3v) is 8.06. The summed E-state index contributed by atoms with van der Waals surface area (Å²) in [4.78, 5) is 17.2. The largest absolute Gasteiger partial charge is 0.368 e. The van der Waals surface area contributed by atoms with Gasteiger partial charge in [-0.25, -0.2) is 4.39 Å². The van der Waals surface area contributed by atoms with Gasteiger partial charge in [-0.05, 0) is 46.3 Å². The van der Waals surface area contributed by atoms with Gasteiger partial charge in [0.2, 0.25) is 0 Å².